The first-order valence-corrected chi connectivity index (χ1v) is 7.98. The molecule has 2 N–H and O–H groups in total. The third kappa shape index (κ3) is 4.24. The molecule has 2 heteroatoms. The zero-order valence-corrected chi connectivity index (χ0v) is 13.2. The largest absolute Gasteiger partial charge is 0.326 e. The molecule has 0 bridgehead atoms. The molecule has 1 aliphatic rings. The van der Waals surface area contributed by atoms with Crippen LogP contribution in [-0.2, 0) is 0 Å². The third-order valence-electron chi connectivity index (χ3n) is 4.54. The maximum Gasteiger partial charge on any atom is 0.0275 e. The lowest BCUT2D eigenvalue weighted by atomic mass is 9.76. The lowest BCUT2D eigenvalue weighted by Crippen LogP contribution is -2.57. The summed E-state index contributed by atoms with van der Waals surface area (Å²) in [5.41, 5.74) is 6.46. The smallest absolute Gasteiger partial charge is 0.0275 e. The van der Waals surface area contributed by atoms with Crippen molar-refractivity contribution < 1.29 is 0 Å². The zero-order valence-electron chi connectivity index (χ0n) is 13.2. The topological polar surface area (TPSA) is 29.3 Å². The standard InChI is InChI=1S/C16H34N2/c1-6-7-8-9-18(12(2)3)16-14(5)10-13(4)11-15(16)17/h12-16H,6-11,17H2,1-5H3. The highest BCUT2D eigenvalue weighted by molar-refractivity contribution is 4.93. The summed E-state index contributed by atoms with van der Waals surface area (Å²) in [7, 11) is 0. The number of nitrogens with two attached hydrogens (primary N) is 1. The molecule has 0 aromatic carbocycles. The lowest BCUT2D eigenvalue weighted by molar-refractivity contribution is 0.0504. The molecule has 0 radical (unpaired) electrons. The van der Waals surface area contributed by atoms with Gasteiger partial charge in [0.1, 0.15) is 0 Å². The van der Waals surface area contributed by atoms with Gasteiger partial charge < -0.3 is 5.73 Å². The van der Waals surface area contributed by atoms with E-state index >= 15 is 0 Å². The summed E-state index contributed by atoms with van der Waals surface area (Å²) in [6.45, 7) is 12.9. The van der Waals surface area contributed by atoms with Gasteiger partial charge in [0.05, 0.1) is 0 Å². The van der Waals surface area contributed by atoms with E-state index in [9.17, 15) is 0 Å². The van der Waals surface area contributed by atoms with E-state index in [0.717, 1.165) is 11.8 Å². The molecular formula is C16H34N2. The SMILES string of the molecule is CCCCCN(C(C)C)C1C(C)CC(C)CC1N. The van der Waals surface area contributed by atoms with Crippen LogP contribution >= 0.6 is 0 Å². The van der Waals surface area contributed by atoms with E-state index < -0.39 is 0 Å². The van der Waals surface area contributed by atoms with E-state index in [2.05, 4.69) is 39.5 Å². The van der Waals surface area contributed by atoms with Crippen molar-refractivity contribution in [3.63, 3.8) is 0 Å². The van der Waals surface area contributed by atoms with E-state index in [1.165, 1.54) is 38.6 Å². The van der Waals surface area contributed by atoms with Crippen LogP contribution < -0.4 is 5.73 Å². The van der Waals surface area contributed by atoms with Gasteiger partial charge in [-0.05, 0) is 51.5 Å². The second kappa shape index (κ2) is 7.49. The van der Waals surface area contributed by atoms with Crippen molar-refractivity contribution in [3.8, 4) is 0 Å². The fraction of sp³-hybridized carbons (Fsp3) is 1.00. The van der Waals surface area contributed by atoms with Crippen LogP contribution in [-0.4, -0.2) is 29.6 Å². The Morgan fingerprint density at radius 2 is 1.83 bits per heavy atom. The first kappa shape index (κ1) is 16.0. The van der Waals surface area contributed by atoms with Gasteiger partial charge in [-0.3, -0.25) is 4.90 Å². The Balaban J connectivity index is 2.65. The van der Waals surface area contributed by atoms with Crippen LogP contribution in [0.1, 0.15) is 66.7 Å². The number of rotatable bonds is 6. The van der Waals surface area contributed by atoms with Gasteiger partial charge in [0.25, 0.3) is 0 Å². The van der Waals surface area contributed by atoms with Crippen molar-refractivity contribution >= 4 is 0 Å². The Labute approximate surface area is 114 Å². The highest BCUT2D eigenvalue weighted by Crippen LogP contribution is 2.32. The second-order valence-electron chi connectivity index (χ2n) is 6.75. The molecule has 0 amide bonds. The van der Waals surface area contributed by atoms with Crippen LogP contribution in [0.5, 0.6) is 0 Å². The van der Waals surface area contributed by atoms with E-state index in [1.54, 1.807) is 0 Å². The molecule has 0 saturated heterocycles. The Morgan fingerprint density at radius 3 is 2.33 bits per heavy atom. The molecule has 1 rings (SSSR count). The monoisotopic (exact) mass is 254 g/mol. The molecule has 2 nitrogen and oxygen atoms in total. The summed E-state index contributed by atoms with van der Waals surface area (Å²) in [5.74, 6) is 1.55. The molecule has 1 saturated carbocycles. The Bertz CT molecular complexity index is 215. The summed E-state index contributed by atoms with van der Waals surface area (Å²) in [5, 5.41) is 0. The van der Waals surface area contributed by atoms with Gasteiger partial charge in [-0.2, -0.15) is 0 Å². The number of hydrogen-bond donors (Lipinski definition) is 1. The van der Waals surface area contributed by atoms with Crippen molar-refractivity contribution in [2.24, 2.45) is 17.6 Å². The van der Waals surface area contributed by atoms with Gasteiger partial charge in [-0.15, -0.1) is 0 Å². The third-order valence-corrected chi connectivity index (χ3v) is 4.54. The van der Waals surface area contributed by atoms with Crippen LogP contribution in [0.2, 0.25) is 0 Å². The molecule has 0 heterocycles. The molecule has 4 atom stereocenters. The molecule has 0 spiro atoms. The Morgan fingerprint density at radius 1 is 1.17 bits per heavy atom. The molecule has 0 aliphatic heterocycles. The number of nitrogens with zero attached hydrogens (tertiary/aromatic N) is 1. The molecule has 108 valence electrons. The summed E-state index contributed by atoms with van der Waals surface area (Å²) in [6.07, 6.45) is 6.51. The van der Waals surface area contributed by atoms with Crippen LogP contribution in [0.15, 0.2) is 0 Å². The second-order valence-corrected chi connectivity index (χ2v) is 6.75. The minimum atomic E-state index is 0.368. The first-order chi connectivity index (χ1) is 8.47. The van der Waals surface area contributed by atoms with Crippen LogP contribution in [0, 0.1) is 11.8 Å². The van der Waals surface area contributed by atoms with Gasteiger partial charge in [-0.25, -0.2) is 0 Å². The van der Waals surface area contributed by atoms with Crippen LogP contribution in [0.25, 0.3) is 0 Å². The van der Waals surface area contributed by atoms with Gasteiger partial charge in [0.2, 0.25) is 0 Å². The number of unbranched alkanes of at least 4 members (excludes halogenated alkanes) is 2. The first-order valence-electron chi connectivity index (χ1n) is 7.98. The maximum atomic E-state index is 6.46. The van der Waals surface area contributed by atoms with Crippen molar-refractivity contribution in [1.29, 1.82) is 0 Å². The van der Waals surface area contributed by atoms with E-state index in [0.29, 0.717) is 18.1 Å². The van der Waals surface area contributed by atoms with Crippen molar-refractivity contribution in [2.45, 2.75) is 84.8 Å². The lowest BCUT2D eigenvalue weighted by Gasteiger charge is -2.46. The summed E-state index contributed by atoms with van der Waals surface area (Å²) >= 11 is 0. The van der Waals surface area contributed by atoms with Crippen molar-refractivity contribution in [2.75, 3.05) is 6.54 Å². The van der Waals surface area contributed by atoms with Crippen LogP contribution in [0.3, 0.4) is 0 Å². The van der Waals surface area contributed by atoms with Gasteiger partial charge in [0.15, 0.2) is 0 Å². The Kier molecular flexibility index (Phi) is 6.65. The molecule has 1 fully saturated rings. The highest BCUT2D eigenvalue weighted by Gasteiger charge is 2.36. The normalized spacial score (nSPS) is 33.3. The fourth-order valence-corrected chi connectivity index (χ4v) is 3.77. The molecule has 4 unspecified atom stereocenters. The quantitative estimate of drug-likeness (QED) is 0.733. The fourth-order valence-electron chi connectivity index (χ4n) is 3.77. The summed E-state index contributed by atoms with van der Waals surface area (Å²) in [6, 6.07) is 1.58. The van der Waals surface area contributed by atoms with E-state index in [1.807, 2.05) is 0 Å². The average molecular weight is 254 g/mol. The highest BCUT2D eigenvalue weighted by atomic mass is 15.2. The van der Waals surface area contributed by atoms with E-state index in [-0.39, 0.29) is 0 Å². The predicted octanol–water partition coefficient (Wildman–Crippen LogP) is 3.65. The van der Waals surface area contributed by atoms with Crippen molar-refractivity contribution in [3.05, 3.63) is 0 Å². The van der Waals surface area contributed by atoms with Gasteiger partial charge in [-0.1, -0.05) is 33.6 Å². The maximum absolute atomic E-state index is 6.46. The van der Waals surface area contributed by atoms with E-state index in [4.69, 9.17) is 5.73 Å². The molecule has 0 aromatic heterocycles. The van der Waals surface area contributed by atoms with Crippen LogP contribution in [0.4, 0.5) is 0 Å². The minimum absolute atomic E-state index is 0.368. The van der Waals surface area contributed by atoms with Gasteiger partial charge in [0, 0.05) is 18.1 Å². The molecule has 18 heavy (non-hydrogen) atoms. The number of hydrogen-bond acceptors (Lipinski definition) is 2. The summed E-state index contributed by atoms with van der Waals surface area (Å²) < 4.78 is 0. The van der Waals surface area contributed by atoms with Gasteiger partial charge >= 0.3 is 0 Å². The molecule has 0 aromatic rings. The Hall–Kier alpha value is -0.0800. The average Bonchev–Trinajstić information content (AvgIpc) is 2.25. The zero-order chi connectivity index (χ0) is 13.7. The molecular weight excluding hydrogens is 220 g/mol. The predicted molar refractivity (Wildman–Crippen MR) is 80.7 cm³/mol. The summed E-state index contributed by atoms with van der Waals surface area (Å²) in [4.78, 5) is 2.68. The van der Waals surface area contributed by atoms with Crippen molar-refractivity contribution in [1.82, 2.24) is 4.90 Å². The molecule has 1 aliphatic carbocycles. The minimum Gasteiger partial charge on any atom is -0.326 e.